The molecule has 1 N–H and O–H groups in total. The number of rotatable bonds is 8. The maximum absolute atomic E-state index is 10.8. The Balaban J connectivity index is 1.51. The van der Waals surface area contributed by atoms with Gasteiger partial charge in [0.25, 0.3) is 0 Å². The minimum atomic E-state index is 0.201. The first kappa shape index (κ1) is 19.8. The van der Waals surface area contributed by atoms with E-state index >= 15 is 0 Å². The molecular weight excluding hydrogens is 382 g/mol. The number of morpholine rings is 1. The second-order valence-corrected chi connectivity index (χ2v) is 6.79. The fraction of sp³-hybridized carbons (Fsp3) is 0.273. The van der Waals surface area contributed by atoms with Gasteiger partial charge < -0.3 is 19.7 Å². The first-order valence-electron chi connectivity index (χ1n) is 9.90. The van der Waals surface area contributed by atoms with Crippen molar-refractivity contribution in [2.75, 3.05) is 43.1 Å². The highest BCUT2D eigenvalue weighted by Gasteiger charge is 2.17. The Bertz CT molecular complexity index is 960. The maximum Gasteiger partial charge on any atom is 0.328 e. The van der Waals surface area contributed by atoms with Crippen LogP contribution in [0.2, 0.25) is 0 Å². The third-order valence-corrected chi connectivity index (χ3v) is 4.66. The minimum absolute atomic E-state index is 0.201. The first-order valence-corrected chi connectivity index (χ1v) is 9.90. The van der Waals surface area contributed by atoms with Gasteiger partial charge in [-0.05, 0) is 36.2 Å². The minimum Gasteiger partial charge on any atom is -0.424 e. The smallest absolute Gasteiger partial charge is 0.328 e. The summed E-state index contributed by atoms with van der Waals surface area (Å²) in [5.74, 6) is 1.56. The van der Waals surface area contributed by atoms with Gasteiger partial charge in [0.2, 0.25) is 11.9 Å². The molecule has 0 saturated carbocycles. The summed E-state index contributed by atoms with van der Waals surface area (Å²) in [4.78, 5) is 26.4. The summed E-state index contributed by atoms with van der Waals surface area (Å²) in [5.41, 5.74) is 1.81. The molecule has 2 aromatic carbocycles. The topological polar surface area (TPSA) is 89.5 Å². The summed E-state index contributed by atoms with van der Waals surface area (Å²) in [7, 11) is 0. The Morgan fingerprint density at radius 3 is 2.50 bits per heavy atom. The Labute approximate surface area is 174 Å². The number of ether oxygens (including phenoxy) is 2. The molecular formula is C22H23N5O3. The van der Waals surface area contributed by atoms with Gasteiger partial charge in [0.05, 0.1) is 13.2 Å². The molecule has 8 nitrogen and oxygen atoms in total. The van der Waals surface area contributed by atoms with Gasteiger partial charge >= 0.3 is 6.01 Å². The summed E-state index contributed by atoms with van der Waals surface area (Å²) >= 11 is 0. The number of hydrogen-bond donors (Lipinski definition) is 1. The van der Waals surface area contributed by atoms with Gasteiger partial charge in [-0.2, -0.15) is 15.0 Å². The summed E-state index contributed by atoms with van der Waals surface area (Å²) in [5, 5.41) is 3.27. The zero-order valence-corrected chi connectivity index (χ0v) is 16.5. The van der Waals surface area contributed by atoms with Crippen molar-refractivity contribution in [3.8, 4) is 11.8 Å². The second kappa shape index (κ2) is 9.80. The van der Waals surface area contributed by atoms with Crippen LogP contribution in [0.15, 0.2) is 54.6 Å². The number of aromatic nitrogens is 3. The fourth-order valence-corrected chi connectivity index (χ4v) is 3.06. The van der Waals surface area contributed by atoms with Gasteiger partial charge in [-0.25, -0.2) is 0 Å². The van der Waals surface area contributed by atoms with Crippen molar-refractivity contribution < 1.29 is 14.3 Å². The molecule has 0 spiro atoms. The molecule has 0 amide bonds. The van der Waals surface area contributed by atoms with Gasteiger partial charge in [0.1, 0.15) is 12.0 Å². The van der Waals surface area contributed by atoms with Crippen molar-refractivity contribution in [3.05, 3.63) is 65.7 Å². The van der Waals surface area contributed by atoms with Crippen LogP contribution in [0.25, 0.3) is 0 Å². The molecule has 8 heteroatoms. The van der Waals surface area contributed by atoms with Gasteiger partial charge in [0, 0.05) is 25.2 Å². The molecule has 1 aromatic heterocycles. The lowest BCUT2D eigenvalue weighted by molar-refractivity contribution is 0.112. The average molecular weight is 405 g/mol. The molecule has 0 aliphatic carbocycles. The molecule has 2 heterocycles. The Morgan fingerprint density at radius 1 is 1.00 bits per heavy atom. The third kappa shape index (κ3) is 5.30. The van der Waals surface area contributed by atoms with Crippen molar-refractivity contribution in [1.29, 1.82) is 0 Å². The Morgan fingerprint density at radius 2 is 1.77 bits per heavy atom. The van der Waals surface area contributed by atoms with Crippen molar-refractivity contribution in [2.45, 2.75) is 6.42 Å². The predicted octanol–water partition coefficient (Wildman–Crippen LogP) is 2.97. The zero-order valence-electron chi connectivity index (χ0n) is 16.5. The predicted molar refractivity (Wildman–Crippen MR) is 113 cm³/mol. The van der Waals surface area contributed by atoms with E-state index in [0.29, 0.717) is 56.1 Å². The van der Waals surface area contributed by atoms with Crippen LogP contribution in [0.1, 0.15) is 15.9 Å². The molecule has 1 aliphatic heterocycles. The lowest BCUT2D eigenvalue weighted by atomic mass is 10.1. The molecule has 0 radical (unpaired) electrons. The number of nitrogens with one attached hydrogen (secondary N) is 1. The summed E-state index contributed by atoms with van der Waals surface area (Å²) in [6, 6.07) is 17.2. The van der Waals surface area contributed by atoms with E-state index in [4.69, 9.17) is 9.47 Å². The quantitative estimate of drug-likeness (QED) is 0.572. The van der Waals surface area contributed by atoms with Crippen LogP contribution in [0.4, 0.5) is 11.9 Å². The highest BCUT2D eigenvalue weighted by Crippen LogP contribution is 2.22. The lowest BCUT2D eigenvalue weighted by Crippen LogP contribution is -2.37. The molecule has 4 rings (SSSR count). The number of anilines is 2. The Kier molecular flexibility index (Phi) is 6.46. The van der Waals surface area contributed by atoms with Crippen LogP contribution in [0, 0.1) is 0 Å². The largest absolute Gasteiger partial charge is 0.424 e. The first-order chi connectivity index (χ1) is 14.8. The average Bonchev–Trinajstić information content (AvgIpc) is 2.81. The molecule has 154 valence electrons. The summed E-state index contributed by atoms with van der Waals surface area (Å²) < 4.78 is 11.3. The van der Waals surface area contributed by atoms with E-state index in [9.17, 15) is 4.79 Å². The van der Waals surface area contributed by atoms with Gasteiger partial charge in [-0.15, -0.1) is 0 Å². The van der Waals surface area contributed by atoms with Crippen LogP contribution >= 0.6 is 0 Å². The number of hydrogen-bond acceptors (Lipinski definition) is 8. The number of benzene rings is 2. The highest BCUT2D eigenvalue weighted by atomic mass is 16.5. The van der Waals surface area contributed by atoms with Crippen LogP contribution in [0.5, 0.6) is 11.8 Å². The van der Waals surface area contributed by atoms with E-state index in [1.807, 2.05) is 18.2 Å². The molecule has 1 aliphatic rings. The van der Waals surface area contributed by atoms with E-state index in [2.05, 4.69) is 37.3 Å². The molecule has 30 heavy (non-hydrogen) atoms. The van der Waals surface area contributed by atoms with E-state index in [0.717, 1.165) is 12.7 Å². The highest BCUT2D eigenvalue weighted by molar-refractivity contribution is 5.74. The second-order valence-electron chi connectivity index (χ2n) is 6.79. The van der Waals surface area contributed by atoms with Crippen LogP contribution in [0.3, 0.4) is 0 Å². The van der Waals surface area contributed by atoms with Crippen LogP contribution in [-0.4, -0.2) is 54.1 Å². The number of aldehydes is 1. The monoisotopic (exact) mass is 405 g/mol. The van der Waals surface area contributed by atoms with E-state index in [1.165, 1.54) is 5.56 Å². The van der Waals surface area contributed by atoms with E-state index in [-0.39, 0.29) is 6.01 Å². The standard InChI is InChI=1S/C22H23N5O3/c28-16-18-6-8-19(9-7-18)30-22-25-20(23-11-10-17-4-2-1-3-5-17)24-21(26-22)27-12-14-29-15-13-27/h1-9,16H,10-15H2,(H,23,24,25,26). The summed E-state index contributed by atoms with van der Waals surface area (Å²) in [6.45, 7) is 3.36. The van der Waals surface area contributed by atoms with Crippen LogP contribution in [-0.2, 0) is 11.2 Å². The molecule has 3 aromatic rings. The molecule has 0 unspecified atom stereocenters. The van der Waals surface area contributed by atoms with Crippen molar-refractivity contribution >= 4 is 18.2 Å². The normalized spacial score (nSPS) is 13.7. The van der Waals surface area contributed by atoms with Gasteiger partial charge in [0.15, 0.2) is 0 Å². The lowest BCUT2D eigenvalue weighted by Gasteiger charge is -2.27. The number of carbonyl (C=O) groups is 1. The molecule has 0 atom stereocenters. The zero-order chi connectivity index (χ0) is 20.6. The van der Waals surface area contributed by atoms with Gasteiger partial charge in [-0.3, -0.25) is 4.79 Å². The molecule has 0 bridgehead atoms. The third-order valence-electron chi connectivity index (χ3n) is 4.66. The molecule has 1 saturated heterocycles. The fourth-order valence-electron chi connectivity index (χ4n) is 3.06. The number of nitrogens with zero attached hydrogens (tertiary/aromatic N) is 4. The van der Waals surface area contributed by atoms with Crippen molar-refractivity contribution in [2.24, 2.45) is 0 Å². The van der Waals surface area contributed by atoms with Crippen molar-refractivity contribution in [3.63, 3.8) is 0 Å². The van der Waals surface area contributed by atoms with Crippen LogP contribution < -0.4 is 15.0 Å². The Hall–Kier alpha value is -3.52. The van der Waals surface area contributed by atoms with E-state index in [1.54, 1.807) is 24.3 Å². The maximum atomic E-state index is 10.8. The number of carbonyl (C=O) groups excluding carboxylic acids is 1. The molecule has 1 fully saturated rings. The SMILES string of the molecule is O=Cc1ccc(Oc2nc(NCCc3ccccc3)nc(N3CCOCC3)n2)cc1. The summed E-state index contributed by atoms with van der Waals surface area (Å²) in [6.07, 6.45) is 1.64. The van der Waals surface area contributed by atoms with Crippen molar-refractivity contribution in [1.82, 2.24) is 15.0 Å². The van der Waals surface area contributed by atoms with Gasteiger partial charge in [-0.1, -0.05) is 30.3 Å². The van der Waals surface area contributed by atoms with E-state index < -0.39 is 0 Å².